The first kappa shape index (κ1) is 30.1. The molecule has 1 aromatic heterocycles. The molecule has 1 saturated heterocycles. The molecule has 0 unspecified atom stereocenters. The van der Waals surface area contributed by atoms with Crippen LogP contribution in [0.1, 0.15) is 12.5 Å². The number of carbonyl (C=O) groups is 2. The van der Waals surface area contributed by atoms with Crippen molar-refractivity contribution in [3.8, 4) is 22.8 Å². The maximum Gasteiger partial charge on any atom is 0.446 e. The number of alkyl halides is 3. The van der Waals surface area contributed by atoms with E-state index in [9.17, 15) is 27.2 Å². The zero-order chi connectivity index (χ0) is 30.7. The third kappa shape index (κ3) is 7.17. The molecule has 4 aromatic rings. The lowest BCUT2D eigenvalue weighted by Gasteiger charge is -2.20. The highest BCUT2D eigenvalue weighted by atomic mass is 32.2. The van der Waals surface area contributed by atoms with Gasteiger partial charge in [-0.3, -0.25) is 9.69 Å². The molecular formula is C28H22F4N6O3S2. The molecule has 43 heavy (non-hydrogen) atoms. The number of amides is 3. The van der Waals surface area contributed by atoms with E-state index < -0.39 is 17.4 Å². The number of ether oxygens (including phenoxy) is 1. The zero-order valence-electron chi connectivity index (χ0n) is 22.6. The summed E-state index contributed by atoms with van der Waals surface area (Å²) in [6, 6.07) is 14.0. The number of aromatic nitrogens is 3. The van der Waals surface area contributed by atoms with Crippen LogP contribution in [0.25, 0.3) is 17.1 Å². The van der Waals surface area contributed by atoms with Crippen LogP contribution < -0.4 is 15.0 Å². The summed E-state index contributed by atoms with van der Waals surface area (Å²) < 4.78 is 59.7. The number of benzene rings is 3. The smallest absolute Gasteiger partial charge is 0.446 e. The number of aryl methyl sites for hydroxylation is 1. The number of nitrogens with one attached hydrogen (secondary N) is 1. The van der Waals surface area contributed by atoms with E-state index in [1.165, 1.54) is 52.3 Å². The molecule has 9 nitrogen and oxygen atoms in total. The van der Waals surface area contributed by atoms with Crippen molar-refractivity contribution in [1.82, 2.24) is 14.8 Å². The van der Waals surface area contributed by atoms with E-state index in [0.717, 1.165) is 23.4 Å². The molecule has 0 bridgehead atoms. The van der Waals surface area contributed by atoms with Crippen LogP contribution >= 0.6 is 23.5 Å². The summed E-state index contributed by atoms with van der Waals surface area (Å²) in [4.78, 5) is 35.0. The topological polar surface area (TPSA) is 102 Å². The molecule has 0 aliphatic carbocycles. The van der Waals surface area contributed by atoms with E-state index in [1.54, 1.807) is 12.1 Å². The Labute approximate surface area is 251 Å². The average Bonchev–Trinajstić information content (AvgIpc) is 3.58. The lowest BCUT2D eigenvalue weighted by Crippen LogP contribution is -2.30. The van der Waals surface area contributed by atoms with Crippen molar-refractivity contribution in [2.45, 2.75) is 24.3 Å². The predicted molar refractivity (Wildman–Crippen MR) is 157 cm³/mol. The number of rotatable bonds is 7. The van der Waals surface area contributed by atoms with Crippen LogP contribution in [0.3, 0.4) is 0 Å². The average molecular weight is 631 g/mol. The van der Waals surface area contributed by atoms with Gasteiger partial charge in [-0.25, -0.2) is 18.9 Å². The van der Waals surface area contributed by atoms with Crippen molar-refractivity contribution >= 4 is 52.0 Å². The normalized spacial score (nSPS) is 14.4. The van der Waals surface area contributed by atoms with Crippen molar-refractivity contribution < 1.29 is 31.9 Å². The fourth-order valence-corrected chi connectivity index (χ4v) is 5.47. The Hall–Kier alpha value is -4.37. The molecule has 5 rings (SSSR count). The molecule has 1 aliphatic heterocycles. The van der Waals surface area contributed by atoms with E-state index in [2.05, 4.69) is 20.4 Å². The van der Waals surface area contributed by atoms with E-state index in [0.29, 0.717) is 29.3 Å². The zero-order valence-corrected chi connectivity index (χ0v) is 24.2. The minimum atomic E-state index is -4.39. The number of hydrogen-bond acceptors (Lipinski definition) is 7. The largest absolute Gasteiger partial charge is 0.492 e. The Balaban J connectivity index is 1.30. The van der Waals surface area contributed by atoms with E-state index >= 15 is 0 Å². The van der Waals surface area contributed by atoms with Gasteiger partial charge >= 0.3 is 11.5 Å². The van der Waals surface area contributed by atoms with Gasteiger partial charge in [0.05, 0.1) is 29.4 Å². The third-order valence-corrected chi connectivity index (χ3v) is 7.58. The van der Waals surface area contributed by atoms with Gasteiger partial charge in [0.15, 0.2) is 11.0 Å². The van der Waals surface area contributed by atoms with E-state index in [1.807, 2.05) is 19.9 Å². The molecule has 1 fully saturated rings. The molecular weight excluding hydrogens is 608 g/mol. The third-order valence-electron chi connectivity index (χ3n) is 5.91. The lowest BCUT2D eigenvalue weighted by molar-refractivity contribution is -0.115. The molecule has 2 heterocycles. The number of halogens is 4. The number of amidine groups is 1. The molecule has 15 heteroatoms. The first-order chi connectivity index (χ1) is 20.5. The first-order valence-electron chi connectivity index (χ1n) is 12.7. The lowest BCUT2D eigenvalue weighted by atomic mass is 10.2. The molecule has 0 saturated carbocycles. The molecule has 0 spiro atoms. The number of thioether (sulfide) groups is 2. The summed E-state index contributed by atoms with van der Waals surface area (Å²) in [6.45, 7) is 4.05. The number of carbonyl (C=O) groups excluding carboxylic acids is 2. The molecule has 0 atom stereocenters. The first-order valence-corrected chi connectivity index (χ1v) is 14.5. The van der Waals surface area contributed by atoms with Gasteiger partial charge in [0.2, 0.25) is 5.91 Å². The summed E-state index contributed by atoms with van der Waals surface area (Å²) >= 11 is 0.854. The van der Waals surface area contributed by atoms with Crippen molar-refractivity contribution in [2.24, 2.45) is 4.99 Å². The highest BCUT2D eigenvalue weighted by Crippen LogP contribution is 2.37. The highest BCUT2D eigenvalue weighted by Gasteiger charge is 2.33. The van der Waals surface area contributed by atoms with Crippen LogP contribution in [0.4, 0.5) is 33.7 Å². The maximum absolute atomic E-state index is 15.0. The summed E-state index contributed by atoms with van der Waals surface area (Å²) in [5.74, 6) is -0.356. The van der Waals surface area contributed by atoms with Gasteiger partial charge in [0.25, 0.3) is 0 Å². The minimum Gasteiger partial charge on any atom is -0.492 e. The molecule has 3 aromatic carbocycles. The fraction of sp³-hybridized carbons (Fsp3) is 0.179. The SMILES string of the molecule is CCOc1ccc(C)cc1N1C(=O)CSC1=NC(=O)Nc1ccc(-c2ncn(-c3ccc(SC(F)(F)F)cc3)n2)cc1F. The van der Waals surface area contributed by atoms with Gasteiger partial charge in [-0.05, 0) is 85.8 Å². The molecule has 1 aliphatic rings. The van der Waals surface area contributed by atoms with Crippen LogP contribution in [0, 0.1) is 12.7 Å². The predicted octanol–water partition coefficient (Wildman–Crippen LogP) is 7.06. The van der Waals surface area contributed by atoms with Gasteiger partial charge in [-0.15, -0.1) is 5.10 Å². The second kappa shape index (κ2) is 12.5. The van der Waals surface area contributed by atoms with Crippen molar-refractivity contribution in [1.29, 1.82) is 0 Å². The molecule has 3 amide bonds. The number of anilines is 2. The van der Waals surface area contributed by atoms with Gasteiger partial charge in [-0.2, -0.15) is 18.2 Å². The summed E-state index contributed by atoms with van der Waals surface area (Å²) in [5, 5.41) is 6.80. The molecule has 1 N–H and O–H groups in total. The molecule has 222 valence electrons. The maximum atomic E-state index is 15.0. The van der Waals surface area contributed by atoms with Gasteiger partial charge < -0.3 is 10.1 Å². The van der Waals surface area contributed by atoms with E-state index in [-0.39, 0.29) is 45.0 Å². The van der Waals surface area contributed by atoms with Gasteiger partial charge in [0, 0.05) is 10.5 Å². The van der Waals surface area contributed by atoms with Crippen LogP contribution in [0.2, 0.25) is 0 Å². The van der Waals surface area contributed by atoms with Crippen LogP contribution in [-0.4, -0.2) is 49.7 Å². The Morgan fingerprint density at radius 3 is 2.60 bits per heavy atom. The molecule has 0 radical (unpaired) electrons. The second-order valence-corrected chi connectivity index (χ2v) is 11.1. The standard InChI is InChI=1S/C28H22F4N6O3S2/c1-3-41-23-11-4-16(2)12-22(23)38-24(39)14-42-27(38)35-26(40)34-21-10-5-17(13-20(21)29)25-33-15-37(36-25)18-6-8-19(9-7-18)43-28(30,31)32/h4-13,15H,3,14H2,1-2H3,(H,34,40). The van der Waals surface area contributed by atoms with Crippen molar-refractivity contribution in [3.05, 3.63) is 78.4 Å². The van der Waals surface area contributed by atoms with E-state index in [4.69, 9.17) is 4.74 Å². The quantitative estimate of drug-likeness (QED) is 0.172. The summed E-state index contributed by atoms with van der Waals surface area (Å²) in [6.07, 6.45) is 1.35. The van der Waals surface area contributed by atoms with Crippen LogP contribution in [-0.2, 0) is 4.79 Å². The summed E-state index contributed by atoms with van der Waals surface area (Å²) in [7, 11) is 0. The fourth-order valence-electron chi connectivity index (χ4n) is 4.07. The summed E-state index contributed by atoms with van der Waals surface area (Å²) in [5.41, 5.74) is -2.44. The Morgan fingerprint density at radius 2 is 1.91 bits per heavy atom. The number of nitrogens with zero attached hydrogens (tertiary/aromatic N) is 5. The number of urea groups is 1. The van der Waals surface area contributed by atoms with Crippen molar-refractivity contribution in [2.75, 3.05) is 22.6 Å². The Morgan fingerprint density at radius 1 is 1.14 bits per heavy atom. The van der Waals surface area contributed by atoms with Crippen LogP contribution in [0.15, 0.2) is 76.9 Å². The number of hydrogen-bond donors (Lipinski definition) is 1. The minimum absolute atomic E-state index is 0.0256. The Bertz CT molecular complexity index is 1710. The number of aliphatic imine (C=N–C) groups is 1. The van der Waals surface area contributed by atoms with Gasteiger partial charge in [-0.1, -0.05) is 17.8 Å². The van der Waals surface area contributed by atoms with Crippen molar-refractivity contribution in [3.63, 3.8) is 0 Å². The van der Waals surface area contributed by atoms with Crippen LogP contribution in [0.5, 0.6) is 5.75 Å². The second-order valence-electron chi connectivity index (χ2n) is 9.00. The monoisotopic (exact) mass is 630 g/mol. The Kier molecular flexibility index (Phi) is 8.73. The van der Waals surface area contributed by atoms with Gasteiger partial charge in [0.1, 0.15) is 17.9 Å². The highest BCUT2D eigenvalue weighted by molar-refractivity contribution is 8.15.